The number of anilines is 3. The molecule has 0 aliphatic carbocycles. The van der Waals surface area contributed by atoms with Gasteiger partial charge in [0, 0.05) is 13.6 Å². The topological polar surface area (TPSA) is 122 Å². The van der Waals surface area contributed by atoms with E-state index >= 15 is 0 Å². The van der Waals surface area contributed by atoms with Crippen LogP contribution in [0.4, 0.5) is 17.6 Å². The molecule has 0 unspecified atom stereocenters. The molecule has 9 nitrogen and oxygen atoms in total. The second-order valence-electron chi connectivity index (χ2n) is 6.35. The van der Waals surface area contributed by atoms with Gasteiger partial charge >= 0.3 is 0 Å². The molecule has 0 aliphatic heterocycles. The Kier molecular flexibility index (Phi) is 5.25. The number of nitrogen functional groups attached to an aromatic ring is 2. The van der Waals surface area contributed by atoms with Gasteiger partial charge in [0.15, 0.2) is 17.1 Å². The van der Waals surface area contributed by atoms with E-state index in [-0.39, 0.29) is 5.95 Å². The van der Waals surface area contributed by atoms with Crippen molar-refractivity contribution in [2.45, 2.75) is 13.5 Å². The van der Waals surface area contributed by atoms with Crippen LogP contribution in [0.15, 0.2) is 18.2 Å². The Morgan fingerprint density at radius 2 is 1.57 bits per heavy atom. The number of aromatic nitrogens is 3. The largest absolute Gasteiger partial charge is 0.493 e. The number of ether oxygens (including phenoxy) is 3. The van der Waals surface area contributed by atoms with E-state index in [2.05, 4.69) is 15.0 Å². The Labute approximate surface area is 163 Å². The number of methoxy groups -OCH3 is 3. The molecule has 3 rings (SSSR count). The minimum absolute atomic E-state index is 0.0985. The molecule has 0 radical (unpaired) electrons. The van der Waals surface area contributed by atoms with Crippen LogP contribution >= 0.6 is 0 Å². The minimum atomic E-state index is 0.0985. The Morgan fingerprint density at radius 3 is 2.14 bits per heavy atom. The third-order valence-corrected chi connectivity index (χ3v) is 4.43. The quantitative estimate of drug-likeness (QED) is 0.658. The number of rotatable bonds is 6. The molecule has 0 amide bonds. The van der Waals surface area contributed by atoms with Gasteiger partial charge in [0.05, 0.1) is 26.7 Å². The summed E-state index contributed by atoms with van der Waals surface area (Å²) in [4.78, 5) is 14.8. The van der Waals surface area contributed by atoms with E-state index in [9.17, 15) is 0 Å². The van der Waals surface area contributed by atoms with Gasteiger partial charge in [-0.05, 0) is 36.2 Å². The smallest absolute Gasteiger partial charge is 0.224 e. The summed E-state index contributed by atoms with van der Waals surface area (Å²) in [5.74, 6) is 2.91. The average Bonchev–Trinajstić information content (AvgIpc) is 2.65. The number of nitrogens with zero attached hydrogens (tertiary/aromatic N) is 4. The van der Waals surface area contributed by atoms with Gasteiger partial charge in [-0.15, -0.1) is 0 Å². The Hall–Kier alpha value is -3.49. The van der Waals surface area contributed by atoms with Crippen molar-refractivity contribution in [1.82, 2.24) is 15.0 Å². The van der Waals surface area contributed by atoms with Gasteiger partial charge in [-0.2, -0.15) is 9.97 Å². The molecule has 0 fully saturated rings. The molecule has 2 aromatic heterocycles. The second kappa shape index (κ2) is 7.63. The van der Waals surface area contributed by atoms with E-state index in [1.54, 1.807) is 21.3 Å². The zero-order chi connectivity index (χ0) is 20.4. The van der Waals surface area contributed by atoms with E-state index in [4.69, 9.17) is 25.7 Å². The van der Waals surface area contributed by atoms with Crippen molar-refractivity contribution in [2.24, 2.45) is 0 Å². The van der Waals surface area contributed by atoms with Crippen molar-refractivity contribution in [3.63, 3.8) is 0 Å². The first kappa shape index (κ1) is 19.3. The molecular formula is C19H24N6O3. The SMILES string of the molecule is COc1cc(CN(C)c2cc(C)c3c(N)nc(N)nc3n2)cc(OC)c1OC. The first-order valence-corrected chi connectivity index (χ1v) is 8.58. The molecule has 0 saturated heterocycles. The van der Waals surface area contributed by atoms with Crippen LogP contribution in [0.1, 0.15) is 11.1 Å². The number of nitrogens with two attached hydrogens (primary N) is 2. The van der Waals surface area contributed by atoms with Gasteiger partial charge in [-0.3, -0.25) is 0 Å². The van der Waals surface area contributed by atoms with E-state index in [0.717, 1.165) is 16.9 Å². The third kappa shape index (κ3) is 3.51. The molecule has 1 aromatic carbocycles. The molecular weight excluding hydrogens is 360 g/mol. The molecule has 0 atom stereocenters. The summed E-state index contributed by atoms with van der Waals surface area (Å²) in [5.41, 5.74) is 14.1. The zero-order valence-electron chi connectivity index (χ0n) is 16.6. The first-order chi connectivity index (χ1) is 13.4. The summed E-state index contributed by atoms with van der Waals surface area (Å²) < 4.78 is 16.2. The number of benzene rings is 1. The van der Waals surface area contributed by atoms with Crippen LogP contribution in [0.3, 0.4) is 0 Å². The Balaban J connectivity index is 1.98. The van der Waals surface area contributed by atoms with Gasteiger partial charge < -0.3 is 30.6 Å². The minimum Gasteiger partial charge on any atom is -0.493 e. The van der Waals surface area contributed by atoms with Gasteiger partial charge in [0.25, 0.3) is 0 Å². The van der Waals surface area contributed by atoms with E-state index in [0.29, 0.717) is 40.6 Å². The van der Waals surface area contributed by atoms with Crippen molar-refractivity contribution >= 4 is 28.6 Å². The van der Waals surface area contributed by atoms with Gasteiger partial charge in [0.1, 0.15) is 11.6 Å². The molecule has 0 bridgehead atoms. The second-order valence-corrected chi connectivity index (χ2v) is 6.35. The summed E-state index contributed by atoms with van der Waals surface area (Å²) in [6.45, 7) is 2.50. The lowest BCUT2D eigenvalue weighted by atomic mass is 10.1. The van der Waals surface area contributed by atoms with Crippen LogP contribution in [0.5, 0.6) is 17.2 Å². The molecule has 4 N–H and O–H groups in total. The fourth-order valence-electron chi connectivity index (χ4n) is 3.13. The molecule has 0 aliphatic rings. The maximum atomic E-state index is 5.97. The number of hydrogen-bond acceptors (Lipinski definition) is 9. The van der Waals surface area contributed by atoms with Crippen LogP contribution in [0.2, 0.25) is 0 Å². The van der Waals surface area contributed by atoms with Crippen molar-refractivity contribution in [3.8, 4) is 17.2 Å². The molecule has 0 saturated carbocycles. The molecule has 9 heteroatoms. The van der Waals surface area contributed by atoms with Crippen LogP contribution in [0, 0.1) is 6.92 Å². The van der Waals surface area contributed by atoms with Crippen molar-refractivity contribution in [1.29, 1.82) is 0 Å². The highest BCUT2D eigenvalue weighted by Gasteiger charge is 2.16. The summed E-state index contributed by atoms with van der Waals surface area (Å²) in [7, 11) is 6.69. The lowest BCUT2D eigenvalue weighted by molar-refractivity contribution is 0.324. The molecule has 2 heterocycles. The predicted octanol–water partition coefficient (Wildman–Crippen LogP) is 2.16. The molecule has 148 valence electrons. The number of fused-ring (bicyclic) bond motifs is 1. The average molecular weight is 384 g/mol. The van der Waals surface area contributed by atoms with E-state index < -0.39 is 0 Å². The Bertz CT molecular complexity index is 999. The zero-order valence-corrected chi connectivity index (χ0v) is 16.6. The van der Waals surface area contributed by atoms with Crippen LogP contribution < -0.4 is 30.6 Å². The van der Waals surface area contributed by atoms with Gasteiger partial charge in [-0.1, -0.05) is 0 Å². The normalized spacial score (nSPS) is 10.8. The first-order valence-electron chi connectivity index (χ1n) is 8.58. The van der Waals surface area contributed by atoms with E-state index in [1.165, 1.54) is 0 Å². The summed E-state index contributed by atoms with van der Waals surface area (Å²) >= 11 is 0. The number of hydrogen-bond donors (Lipinski definition) is 2. The van der Waals surface area contributed by atoms with Crippen molar-refractivity contribution in [2.75, 3.05) is 44.7 Å². The highest BCUT2D eigenvalue weighted by Crippen LogP contribution is 2.38. The summed E-state index contributed by atoms with van der Waals surface area (Å²) in [6, 6.07) is 5.75. The van der Waals surface area contributed by atoms with Gasteiger partial charge in [-0.25, -0.2) is 4.98 Å². The lowest BCUT2D eigenvalue weighted by Crippen LogP contribution is -2.18. The van der Waals surface area contributed by atoms with Crippen LogP contribution in [-0.2, 0) is 6.54 Å². The van der Waals surface area contributed by atoms with Crippen molar-refractivity contribution in [3.05, 3.63) is 29.3 Å². The Morgan fingerprint density at radius 1 is 0.929 bits per heavy atom. The van der Waals surface area contributed by atoms with Crippen molar-refractivity contribution < 1.29 is 14.2 Å². The lowest BCUT2D eigenvalue weighted by Gasteiger charge is -2.21. The highest BCUT2D eigenvalue weighted by atomic mass is 16.5. The van der Waals surface area contributed by atoms with Gasteiger partial charge in [0.2, 0.25) is 11.7 Å². The standard InChI is InChI=1S/C19H24N6O3/c1-10-6-14(22-18-15(10)17(20)23-19(21)24-18)25(2)9-11-7-12(26-3)16(28-5)13(8-11)27-4/h6-8H,9H2,1-5H3,(H4,20,21,22,23,24). The monoisotopic (exact) mass is 384 g/mol. The fraction of sp³-hybridized carbons (Fsp3) is 0.316. The molecule has 0 spiro atoms. The van der Waals surface area contributed by atoms with Crippen LogP contribution in [-0.4, -0.2) is 43.3 Å². The molecule has 28 heavy (non-hydrogen) atoms. The fourth-order valence-corrected chi connectivity index (χ4v) is 3.13. The van der Waals surface area contributed by atoms with E-state index in [1.807, 2.05) is 37.1 Å². The number of aryl methyl sites for hydroxylation is 1. The molecule has 3 aromatic rings. The third-order valence-electron chi connectivity index (χ3n) is 4.43. The summed E-state index contributed by atoms with van der Waals surface area (Å²) in [5, 5.41) is 0.708. The maximum Gasteiger partial charge on any atom is 0.224 e. The summed E-state index contributed by atoms with van der Waals surface area (Å²) in [6.07, 6.45) is 0. The maximum absolute atomic E-state index is 5.97. The number of pyridine rings is 1. The van der Waals surface area contributed by atoms with Crippen LogP contribution in [0.25, 0.3) is 11.0 Å². The predicted molar refractivity (Wildman–Crippen MR) is 109 cm³/mol. The highest BCUT2D eigenvalue weighted by molar-refractivity contribution is 5.90.